The van der Waals surface area contributed by atoms with Crippen LogP contribution in [0.2, 0.25) is 0 Å². The monoisotopic (exact) mass is 210 g/mol. The zero-order valence-electron chi connectivity index (χ0n) is 8.41. The summed E-state index contributed by atoms with van der Waals surface area (Å²) in [6.07, 6.45) is 5.42. The van der Waals surface area contributed by atoms with E-state index in [4.69, 9.17) is 5.73 Å². The molecule has 1 atom stereocenters. The lowest BCUT2D eigenvalue weighted by Crippen LogP contribution is -2.33. The number of nitrogens with one attached hydrogen (secondary N) is 1. The van der Waals surface area contributed by atoms with Crippen molar-refractivity contribution in [2.45, 2.75) is 37.8 Å². The highest BCUT2D eigenvalue weighted by Crippen LogP contribution is 2.19. The predicted octanol–water partition coefficient (Wildman–Crippen LogP) is 2.28. The first-order valence-electron chi connectivity index (χ1n) is 5.37. The first-order valence-corrected chi connectivity index (χ1v) is 6.31. The van der Waals surface area contributed by atoms with Gasteiger partial charge in [-0.2, -0.15) is 11.3 Å². The molecule has 78 valence electrons. The lowest BCUT2D eigenvalue weighted by Gasteiger charge is -2.15. The second kappa shape index (κ2) is 4.91. The topological polar surface area (TPSA) is 38.0 Å². The number of nitrogens with two attached hydrogens (primary N) is 1. The van der Waals surface area contributed by atoms with Crippen LogP contribution >= 0.6 is 11.3 Å². The summed E-state index contributed by atoms with van der Waals surface area (Å²) >= 11 is 1.72. The minimum Gasteiger partial charge on any atom is -0.323 e. The molecule has 0 bridgehead atoms. The summed E-state index contributed by atoms with van der Waals surface area (Å²) in [5.74, 6) is 0. The third-order valence-corrected chi connectivity index (χ3v) is 3.65. The van der Waals surface area contributed by atoms with Crippen LogP contribution in [0.25, 0.3) is 0 Å². The molecule has 3 heteroatoms. The van der Waals surface area contributed by atoms with E-state index in [0.29, 0.717) is 0 Å². The Labute approximate surface area is 89.5 Å². The fourth-order valence-corrected chi connectivity index (χ4v) is 2.75. The Bertz CT molecular complexity index is 252. The van der Waals surface area contributed by atoms with E-state index in [2.05, 4.69) is 22.1 Å². The molecule has 1 aromatic rings. The Hall–Kier alpha value is -0.380. The number of hydrogen-bond acceptors (Lipinski definition) is 3. The molecule has 1 aromatic heterocycles. The van der Waals surface area contributed by atoms with E-state index in [1.165, 1.54) is 31.2 Å². The Balaban J connectivity index is 1.74. The molecule has 0 aromatic carbocycles. The van der Waals surface area contributed by atoms with Gasteiger partial charge in [0.05, 0.1) is 0 Å². The van der Waals surface area contributed by atoms with Gasteiger partial charge in [0.25, 0.3) is 0 Å². The fourth-order valence-electron chi connectivity index (χ4n) is 2.03. The van der Waals surface area contributed by atoms with E-state index in [-0.39, 0.29) is 6.04 Å². The molecule has 1 aliphatic rings. The standard InChI is InChI=1S/C11H18N2S/c12-11(9-5-6-14-8-9)7-13-10-3-1-2-4-10/h5-6,8,10-11,13H,1-4,7,12H2/t11-/m0/s1. The molecule has 1 aliphatic carbocycles. The third kappa shape index (κ3) is 2.56. The van der Waals surface area contributed by atoms with Crippen LogP contribution in [0.3, 0.4) is 0 Å². The second-order valence-electron chi connectivity index (χ2n) is 4.05. The largest absolute Gasteiger partial charge is 0.323 e. The van der Waals surface area contributed by atoms with E-state index in [1.807, 2.05) is 0 Å². The van der Waals surface area contributed by atoms with Gasteiger partial charge in [-0.1, -0.05) is 12.8 Å². The van der Waals surface area contributed by atoms with Crippen molar-refractivity contribution in [1.82, 2.24) is 5.32 Å². The zero-order valence-corrected chi connectivity index (χ0v) is 9.22. The quantitative estimate of drug-likeness (QED) is 0.800. The zero-order chi connectivity index (χ0) is 9.80. The maximum Gasteiger partial charge on any atom is 0.0430 e. The van der Waals surface area contributed by atoms with E-state index in [0.717, 1.165) is 12.6 Å². The van der Waals surface area contributed by atoms with Gasteiger partial charge in [0, 0.05) is 18.6 Å². The molecular formula is C11H18N2S. The van der Waals surface area contributed by atoms with Crippen molar-refractivity contribution < 1.29 is 0 Å². The molecule has 1 fully saturated rings. The molecule has 0 spiro atoms. The molecule has 2 nitrogen and oxygen atoms in total. The summed E-state index contributed by atoms with van der Waals surface area (Å²) in [6.45, 7) is 0.918. The maximum atomic E-state index is 6.06. The van der Waals surface area contributed by atoms with Gasteiger partial charge in [-0.05, 0) is 35.2 Å². The molecule has 0 radical (unpaired) electrons. The van der Waals surface area contributed by atoms with Crippen molar-refractivity contribution in [3.63, 3.8) is 0 Å². The fraction of sp³-hybridized carbons (Fsp3) is 0.636. The van der Waals surface area contributed by atoms with Gasteiger partial charge in [-0.25, -0.2) is 0 Å². The van der Waals surface area contributed by atoms with Crippen molar-refractivity contribution >= 4 is 11.3 Å². The molecule has 1 saturated carbocycles. The molecule has 14 heavy (non-hydrogen) atoms. The van der Waals surface area contributed by atoms with Gasteiger partial charge >= 0.3 is 0 Å². The van der Waals surface area contributed by atoms with E-state index < -0.39 is 0 Å². The lowest BCUT2D eigenvalue weighted by molar-refractivity contribution is 0.493. The predicted molar refractivity (Wildman–Crippen MR) is 61.5 cm³/mol. The SMILES string of the molecule is N[C@@H](CNC1CCCC1)c1ccsc1. The Kier molecular flexibility index (Phi) is 3.56. The van der Waals surface area contributed by atoms with Crippen LogP contribution in [0, 0.1) is 0 Å². The highest BCUT2D eigenvalue weighted by Gasteiger charge is 2.15. The highest BCUT2D eigenvalue weighted by molar-refractivity contribution is 7.07. The van der Waals surface area contributed by atoms with Gasteiger partial charge in [0.1, 0.15) is 0 Å². The smallest absolute Gasteiger partial charge is 0.0430 e. The normalized spacial score (nSPS) is 20.1. The van der Waals surface area contributed by atoms with E-state index >= 15 is 0 Å². The van der Waals surface area contributed by atoms with Crippen LogP contribution in [0.4, 0.5) is 0 Å². The summed E-state index contributed by atoms with van der Waals surface area (Å²) in [5.41, 5.74) is 7.33. The van der Waals surface area contributed by atoms with Gasteiger partial charge in [0.15, 0.2) is 0 Å². The first-order chi connectivity index (χ1) is 6.86. The molecular weight excluding hydrogens is 192 g/mol. The summed E-state index contributed by atoms with van der Waals surface area (Å²) < 4.78 is 0. The Morgan fingerprint density at radius 1 is 1.50 bits per heavy atom. The van der Waals surface area contributed by atoms with Crippen LogP contribution in [0.15, 0.2) is 16.8 Å². The average molecular weight is 210 g/mol. The first kappa shape index (κ1) is 10.1. The third-order valence-electron chi connectivity index (χ3n) is 2.95. The second-order valence-corrected chi connectivity index (χ2v) is 4.83. The van der Waals surface area contributed by atoms with E-state index in [9.17, 15) is 0 Å². The lowest BCUT2D eigenvalue weighted by atomic mass is 10.1. The van der Waals surface area contributed by atoms with Crippen molar-refractivity contribution in [2.24, 2.45) is 5.73 Å². The van der Waals surface area contributed by atoms with Gasteiger partial charge < -0.3 is 11.1 Å². The van der Waals surface area contributed by atoms with Gasteiger partial charge in [0.2, 0.25) is 0 Å². The number of thiophene rings is 1. The molecule has 0 saturated heterocycles. The van der Waals surface area contributed by atoms with Crippen molar-refractivity contribution in [1.29, 1.82) is 0 Å². The summed E-state index contributed by atoms with van der Waals surface area (Å²) in [7, 11) is 0. The molecule has 2 rings (SSSR count). The Morgan fingerprint density at radius 3 is 2.93 bits per heavy atom. The van der Waals surface area contributed by atoms with Crippen LogP contribution in [0.5, 0.6) is 0 Å². The number of hydrogen-bond donors (Lipinski definition) is 2. The van der Waals surface area contributed by atoms with Gasteiger partial charge in [-0.15, -0.1) is 0 Å². The van der Waals surface area contributed by atoms with E-state index in [1.54, 1.807) is 11.3 Å². The molecule has 0 unspecified atom stereocenters. The Morgan fingerprint density at radius 2 is 2.29 bits per heavy atom. The average Bonchev–Trinajstić information content (AvgIpc) is 2.87. The minimum absolute atomic E-state index is 0.168. The minimum atomic E-state index is 0.168. The van der Waals surface area contributed by atoms with Crippen molar-refractivity contribution in [3.05, 3.63) is 22.4 Å². The van der Waals surface area contributed by atoms with Crippen LogP contribution < -0.4 is 11.1 Å². The summed E-state index contributed by atoms with van der Waals surface area (Å²) in [4.78, 5) is 0. The molecule has 1 heterocycles. The van der Waals surface area contributed by atoms with Crippen LogP contribution in [-0.2, 0) is 0 Å². The van der Waals surface area contributed by atoms with Crippen molar-refractivity contribution in [2.75, 3.05) is 6.54 Å². The highest BCUT2D eigenvalue weighted by atomic mass is 32.1. The van der Waals surface area contributed by atoms with Crippen LogP contribution in [0.1, 0.15) is 37.3 Å². The molecule has 3 N–H and O–H groups in total. The van der Waals surface area contributed by atoms with Crippen LogP contribution in [-0.4, -0.2) is 12.6 Å². The maximum absolute atomic E-state index is 6.06. The summed E-state index contributed by atoms with van der Waals surface area (Å²) in [6, 6.07) is 3.01. The van der Waals surface area contributed by atoms with Crippen molar-refractivity contribution in [3.8, 4) is 0 Å². The molecule has 0 amide bonds. The molecule has 0 aliphatic heterocycles. The number of rotatable bonds is 4. The van der Waals surface area contributed by atoms with Gasteiger partial charge in [-0.3, -0.25) is 0 Å². The summed E-state index contributed by atoms with van der Waals surface area (Å²) in [5, 5.41) is 7.78.